The Balaban J connectivity index is 1.84. The highest BCUT2D eigenvalue weighted by Gasteiger charge is 2.27. The summed E-state index contributed by atoms with van der Waals surface area (Å²) in [5.41, 5.74) is 3.16. The van der Waals surface area contributed by atoms with E-state index in [4.69, 9.17) is 16.3 Å². The number of hydrogen-bond acceptors (Lipinski definition) is 3. The maximum absolute atomic E-state index is 12.9. The number of halogens is 1. The smallest absolute Gasteiger partial charge is 0.247 e. The fraction of sp³-hybridized carbons (Fsp3) is 0.240. The van der Waals surface area contributed by atoms with Crippen LogP contribution in [0.3, 0.4) is 0 Å². The third-order valence-electron chi connectivity index (χ3n) is 5.10. The monoisotopic (exact) mass is 422 g/mol. The zero-order valence-corrected chi connectivity index (χ0v) is 18.1. The van der Waals surface area contributed by atoms with Gasteiger partial charge in [0, 0.05) is 24.3 Å². The molecule has 1 atom stereocenters. The van der Waals surface area contributed by atoms with Crippen molar-refractivity contribution in [1.82, 2.24) is 5.32 Å². The second kappa shape index (κ2) is 10.7. The first kappa shape index (κ1) is 21.7. The fourth-order valence-electron chi connectivity index (χ4n) is 3.53. The molecule has 156 valence electrons. The fourth-order valence-corrected chi connectivity index (χ4v) is 3.66. The van der Waals surface area contributed by atoms with Crippen molar-refractivity contribution in [3.8, 4) is 5.75 Å². The summed E-state index contributed by atoms with van der Waals surface area (Å²) in [6.07, 6.45) is 1.80. The molecule has 3 aromatic rings. The Morgan fingerprint density at radius 1 is 1.00 bits per heavy atom. The largest absolute Gasteiger partial charge is 0.497 e. The average molecular weight is 423 g/mol. The van der Waals surface area contributed by atoms with E-state index in [1.165, 1.54) is 5.56 Å². The van der Waals surface area contributed by atoms with Crippen LogP contribution in [0.15, 0.2) is 78.9 Å². The van der Waals surface area contributed by atoms with E-state index in [-0.39, 0.29) is 5.91 Å². The number of carbonyl (C=O) groups is 1. The molecule has 0 spiro atoms. The first-order chi connectivity index (χ1) is 14.6. The Kier molecular flexibility index (Phi) is 7.75. The number of nitrogens with one attached hydrogen (secondary N) is 1. The minimum Gasteiger partial charge on any atom is -0.497 e. The van der Waals surface area contributed by atoms with Crippen molar-refractivity contribution in [3.05, 3.63) is 95.0 Å². The summed E-state index contributed by atoms with van der Waals surface area (Å²) in [4.78, 5) is 15.1. The van der Waals surface area contributed by atoms with Gasteiger partial charge >= 0.3 is 0 Å². The Labute approximate surface area is 183 Å². The van der Waals surface area contributed by atoms with Crippen molar-refractivity contribution in [3.63, 3.8) is 0 Å². The van der Waals surface area contributed by atoms with Crippen LogP contribution in [0, 0.1) is 0 Å². The average Bonchev–Trinajstić information content (AvgIpc) is 2.80. The first-order valence-corrected chi connectivity index (χ1v) is 10.4. The van der Waals surface area contributed by atoms with Crippen LogP contribution in [0.2, 0.25) is 5.02 Å². The van der Waals surface area contributed by atoms with E-state index in [1.807, 2.05) is 66.7 Å². The highest BCUT2D eigenvalue weighted by atomic mass is 35.5. The SMILES string of the molecule is CNC(=O)C(c1ccccc1)N(CCCc1ccc(OC)cc1)c1ccc(Cl)cc1. The molecule has 1 N–H and O–H groups in total. The molecule has 0 aliphatic rings. The lowest BCUT2D eigenvalue weighted by Gasteiger charge is -2.33. The predicted octanol–water partition coefficient (Wildman–Crippen LogP) is 5.28. The molecule has 0 fully saturated rings. The summed E-state index contributed by atoms with van der Waals surface area (Å²) in [5, 5.41) is 3.50. The molecule has 5 heteroatoms. The Bertz CT molecular complexity index is 928. The van der Waals surface area contributed by atoms with Gasteiger partial charge in [-0.25, -0.2) is 0 Å². The third-order valence-corrected chi connectivity index (χ3v) is 5.36. The van der Waals surface area contributed by atoms with Crippen LogP contribution in [0.1, 0.15) is 23.6 Å². The maximum atomic E-state index is 12.9. The van der Waals surface area contributed by atoms with E-state index in [9.17, 15) is 4.79 Å². The van der Waals surface area contributed by atoms with Gasteiger partial charge in [0.2, 0.25) is 5.91 Å². The van der Waals surface area contributed by atoms with E-state index >= 15 is 0 Å². The third kappa shape index (κ3) is 5.55. The summed E-state index contributed by atoms with van der Waals surface area (Å²) >= 11 is 6.10. The minimum absolute atomic E-state index is 0.0411. The van der Waals surface area contributed by atoms with Crippen LogP contribution >= 0.6 is 11.6 Å². The molecule has 0 aromatic heterocycles. The molecule has 0 radical (unpaired) electrons. The second-order valence-electron chi connectivity index (χ2n) is 7.05. The summed E-state index contributed by atoms with van der Waals surface area (Å²) in [7, 11) is 3.34. The summed E-state index contributed by atoms with van der Waals surface area (Å²) in [6.45, 7) is 0.723. The summed E-state index contributed by atoms with van der Waals surface area (Å²) in [5.74, 6) is 0.811. The van der Waals surface area contributed by atoms with Gasteiger partial charge in [-0.1, -0.05) is 54.1 Å². The van der Waals surface area contributed by atoms with Gasteiger partial charge in [-0.2, -0.15) is 0 Å². The van der Waals surface area contributed by atoms with Crippen LogP contribution in [0.4, 0.5) is 5.69 Å². The van der Waals surface area contributed by atoms with Crippen molar-refractivity contribution in [2.75, 3.05) is 25.6 Å². The highest BCUT2D eigenvalue weighted by Crippen LogP contribution is 2.29. The molecular formula is C25H27ClN2O2. The van der Waals surface area contributed by atoms with E-state index in [0.29, 0.717) is 5.02 Å². The molecule has 0 aliphatic carbocycles. The Hall–Kier alpha value is -2.98. The van der Waals surface area contributed by atoms with Crippen molar-refractivity contribution in [1.29, 1.82) is 0 Å². The Morgan fingerprint density at radius 2 is 1.67 bits per heavy atom. The lowest BCUT2D eigenvalue weighted by atomic mass is 10.0. The van der Waals surface area contributed by atoms with Crippen LogP contribution in [0.5, 0.6) is 5.75 Å². The second-order valence-corrected chi connectivity index (χ2v) is 7.49. The van der Waals surface area contributed by atoms with E-state index in [2.05, 4.69) is 22.3 Å². The molecule has 0 aliphatic heterocycles. The van der Waals surface area contributed by atoms with Gasteiger partial charge in [0.05, 0.1) is 7.11 Å². The van der Waals surface area contributed by atoms with E-state index in [1.54, 1.807) is 14.2 Å². The number of anilines is 1. The molecule has 1 unspecified atom stereocenters. The van der Waals surface area contributed by atoms with Crippen molar-refractivity contribution in [2.24, 2.45) is 0 Å². The van der Waals surface area contributed by atoms with Crippen molar-refractivity contribution in [2.45, 2.75) is 18.9 Å². The van der Waals surface area contributed by atoms with Crippen molar-refractivity contribution < 1.29 is 9.53 Å². The molecule has 0 heterocycles. The molecule has 3 rings (SSSR count). The number of rotatable bonds is 9. The highest BCUT2D eigenvalue weighted by molar-refractivity contribution is 6.30. The lowest BCUT2D eigenvalue weighted by molar-refractivity contribution is -0.122. The molecule has 0 saturated heterocycles. The van der Waals surface area contributed by atoms with Gasteiger partial charge in [0.1, 0.15) is 11.8 Å². The molecule has 0 bridgehead atoms. The molecular weight excluding hydrogens is 396 g/mol. The number of carbonyl (C=O) groups excluding carboxylic acids is 1. The number of ether oxygens (including phenoxy) is 1. The van der Waals surface area contributed by atoms with E-state index < -0.39 is 6.04 Å². The van der Waals surface area contributed by atoms with Gasteiger partial charge in [0.25, 0.3) is 0 Å². The van der Waals surface area contributed by atoms with Crippen molar-refractivity contribution >= 4 is 23.2 Å². The number of likely N-dealkylation sites (N-methyl/N-ethyl adjacent to an activating group) is 1. The summed E-state index contributed by atoms with van der Waals surface area (Å²) < 4.78 is 5.24. The molecule has 0 saturated carbocycles. The van der Waals surface area contributed by atoms with E-state index in [0.717, 1.165) is 36.4 Å². The van der Waals surface area contributed by atoms with Gasteiger partial charge < -0.3 is 15.0 Å². The number of hydrogen-bond donors (Lipinski definition) is 1. The van der Waals surface area contributed by atoms with Gasteiger partial charge in [-0.3, -0.25) is 4.79 Å². The number of nitrogens with zero attached hydrogens (tertiary/aromatic N) is 1. The van der Waals surface area contributed by atoms with Gasteiger partial charge in [0.15, 0.2) is 0 Å². The van der Waals surface area contributed by atoms with Crippen LogP contribution in [-0.4, -0.2) is 26.6 Å². The molecule has 1 amide bonds. The molecule has 30 heavy (non-hydrogen) atoms. The number of methoxy groups -OCH3 is 1. The van der Waals surface area contributed by atoms with Crippen LogP contribution in [0.25, 0.3) is 0 Å². The number of amides is 1. The normalized spacial score (nSPS) is 11.6. The summed E-state index contributed by atoms with van der Waals surface area (Å²) in [6, 6.07) is 25.2. The topological polar surface area (TPSA) is 41.6 Å². The maximum Gasteiger partial charge on any atom is 0.247 e. The zero-order chi connectivity index (χ0) is 21.3. The van der Waals surface area contributed by atoms with Crippen LogP contribution < -0.4 is 15.0 Å². The number of benzene rings is 3. The molecule has 4 nitrogen and oxygen atoms in total. The lowest BCUT2D eigenvalue weighted by Crippen LogP contribution is -2.40. The van der Waals surface area contributed by atoms with Gasteiger partial charge in [-0.15, -0.1) is 0 Å². The zero-order valence-electron chi connectivity index (χ0n) is 17.3. The predicted molar refractivity (Wildman–Crippen MR) is 123 cm³/mol. The molecule has 3 aromatic carbocycles. The first-order valence-electron chi connectivity index (χ1n) is 10.0. The van der Waals surface area contributed by atoms with Crippen LogP contribution in [-0.2, 0) is 11.2 Å². The van der Waals surface area contributed by atoms with Gasteiger partial charge in [-0.05, 0) is 60.4 Å². The standard InChI is InChI=1S/C25H27ClN2O2/c1-27-25(29)24(20-8-4-3-5-9-20)28(22-14-12-21(26)13-15-22)18-6-7-19-10-16-23(30-2)17-11-19/h3-5,8-17,24H,6-7,18H2,1-2H3,(H,27,29). The quantitative estimate of drug-likeness (QED) is 0.510. The minimum atomic E-state index is -0.423. The number of aryl methyl sites for hydroxylation is 1. The Morgan fingerprint density at radius 3 is 2.27 bits per heavy atom.